The Balaban J connectivity index is 1.59. The third kappa shape index (κ3) is 3.39. The lowest BCUT2D eigenvalue weighted by atomic mass is 9.94. The first-order valence-corrected chi connectivity index (χ1v) is 8.17. The number of anilines is 1. The topological polar surface area (TPSA) is 67.7 Å². The van der Waals surface area contributed by atoms with E-state index in [1.54, 1.807) is 22.0 Å². The third-order valence-electron chi connectivity index (χ3n) is 4.39. The second-order valence-corrected chi connectivity index (χ2v) is 6.66. The van der Waals surface area contributed by atoms with Gasteiger partial charge in [0, 0.05) is 39.3 Å². The molecule has 7 nitrogen and oxygen atoms in total. The summed E-state index contributed by atoms with van der Waals surface area (Å²) in [5.41, 5.74) is 0.764. The molecular formula is C16H24N4O3. The lowest BCUT2D eigenvalue weighted by Gasteiger charge is -2.43. The van der Waals surface area contributed by atoms with Gasteiger partial charge in [-0.25, -0.2) is 0 Å². The zero-order valence-corrected chi connectivity index (χ0v) is 13.9. The summed E-state index contributed by atoms with van der Waals surface area (Å²) in [4.78, 5) is 28.3. The van der Waals surface area contributed by atoms with Crippen molar-refractivity contribution in [3.8, 4) is 0 Å². The fourth-order valence-electron chi connectivity index (χ4n) is 3.19. The molecule has 2 saturated heterocycles. The minimum absolute atomic E-state index is 0.0617. The standard InChI is InChI=1S/C16H24N4O3/c1-11(2)23-14-9-19(10-14)16(22)12-4-5-15(21)20(7-12)13-6-17-18(3)8-13/h6,8,11-12,14H,4-5,7,9-10H2,1-3H3/t12-/m0/s1. The van der Waals surface area contributed by atoms with E-state index in [2.05, 4.69) is 5.10 Å². The molecule has 2 aliphatic rings. The van der Waals surface area contributed by atoms with E-state index in [9.17, 15) is 9.59 Å². The molecule has 23 heavy (non-hydrogen) atoms. The summed E-state index contributed by atoms with van der Waals surface area (Å²) in [5.74, 6) is 0.0644. The second kappa shape index (κ2) is 6.31. The van der Waals surface area contributed by atoms with Gasteiger partial charge >= 0.3 is 0 Å². The quantitative estimate of drug-likeness (QED) is 0.823. The fraction of sp³-hybridized carbons (Fsp3) is 0.688. The van der Waals surface area contributed by atoms with E-state index < -0.39 is 0 Å². The first-order valence-electron chi connectivity index (χ1n) is 8.17. The maximum atomic E-state index is 12.6. The normalized spacial score (nSPS) is 22.6. The van der Waals surface area contributed by atoms with Crippen LogP contribution in [-0.2, 0) is 21.4 Å². The second-order valence-electron chi connectivity index (χ2n) is 6.66. The molecule has 2 fully saturated rings. The highest BCUT2D eigenvalue weighted by atomic mass is 16.5. The average Bonchev–Trinajstić information content (AvgIpc) is 2.88. The van der Waals surface area contributed by atoms with Crippen LogP contribution in [-0.4, -0.2) is 58.3 Å². The minimum atomic E-state index is -0.132. The molecule has 0 aromatic carbocycles. The molecule has 3 rings (SSSR count). The van der Waals surface area contributed by atoms with Crippen LogP contribution in [0.2, 0.25) is 0 Å². The van der Waals surface area contributed by atoms with Crippen LogP contribution in [0.4, 0.5) is 5.69 Å². The molecule has 0 N–H and O–H groups in total. The molecule has 0 bridgehead atoms. The Morgan fingerprint density at radius 3 is 2.70 bits per heavy atom. The number of hydrogen-bond acceptors (Lipinski definition) is 4. The third-order valence-corrected chi connectivity index (χ3v) is 4.39. The van der Waals surface area contributed by atoms with E-state index >= 15 is 0 Å². The van der Waals surface area contributed by atoms with Crippen LogP contribution < -0.4 is 4.90 Å². The van der Waals surface area contributed by atoms with Gasteiger partial charge in [0.15, 0.2) is 0 Å². The Morgan fingerprint density at radius 1 is 1.35 bits per heavy atom. The zero-order chi connectivity index (χ0) is 16.6. The van der Waals surface area contributed by atoms with Gasteiger partial charge in [0.05, 0.1) is 30.0 Å². The maximum Gasteiger partial charge on any atom is 0.227 e. The summed E-state index contributed by atoms with van der Waals surface area (Å²) in [6, 6.07) is 0. The fourth-order valence-corrected chi connectivity index (χ4v) is 3.19. The monoisotopic (exact) mass is 320 g/mol. The summed E-state index contributed by atoms with van der Waals surface area (Å²) in [6.45, 7) is 5.77. The number of rotatable bonds is 4. The van der Waals surface area contributed by atoms with E-state index in [-0.39, 0.29) is 29.9 Å². The van der Waals surface area contributed by atoms with Crippen molar-refractivity contribution in [3.63, 3.8) is 0 Å². The highest BCUT2D eigenvalue weighted by Gasteiger charge is 2.39. The summed E-state index contributed by atoms with van der Waals surface area (Å²) in [5, 5.41) is 4.11. The molecule has 0 spiro atoms. The van der Waals surface area contributed by atoms with Crippen molar-refractivity contribution in [1.29, 1.82) is 0 Å². The van der Waals surface area contributed by atoms with E-state index in [1.807, 2.05) is 25.8 Å². The number of amides is 2. The number of aryl methyl sites for hydroxylation is 1. The smallest absolute Gasteiger partial charge is 0.227 e. The largest absolute Gasteiger partial charge is 0.372 e. The molecule has 2 aliphatic heterocycles. The number of aromatic nitrogens is 2. The van der Waals surface area contributed by atoms with Crippen LogP contribution in [0, 0.1) is 5.92 Å². The van der Waals surface area contributed by atoms with E-state index in [0.29, 0.717) is 32.5 Å². The highest BCUT2D eigenvalue weighted by Crippen LogP contribution is 2.27. The Morgan fingerprint density at radius 2 is 2.09 bits per heavy atom. The van der Waals surface area contributed by atoms with Crippen molar-refractivity contribution in [2.24, 2.45) is 13.0 Å². The summed E-state index contributed by atoms with van der Waals surface area (Å²) >= 11 is 0. The zero-order valence-electron chi connectivity index (χ0n) is 13.9. The SMILES string of the molecule is CC(C)OC1CN(C(=O)[C@H]2CCC(=O)N(c3cnn(C)c3)C2)C1. The molecule has 2 amide bonds. The lowest BCUT2D eigenvalue weighted by molar-refractivity contribution is -0.153. The Labute approximate surface area is 136 Å². The van der Waals surface area contributed by atoms with E-state index in [0.717, 1.165) is 5.69 Å². The number of likely N-dealkylation sites (tertiary alicyclic amines) is 1. The summed E-state index contributed by atoms with van der Waals surface area (Å²) in [7, 11) is 1.81. The van der Waals surface area contributed by atoms with Gasteiger partial charge in [-0.15, -0.1) is 0 Å². The maximum absolute atomic E-state index is 12.6. The summed E-state index contributed by atoms with van der Waals surface area (Å²) in [6.07, 6.45) is 4.84. The number of hydrogen-bond donors (Lipinski definition) is 0. The molecule has 0 unspecified atom stereocenters. The van der Waals surface area contributed by atoms with E-state index in [1.165, 1.54) is 0 Å². The molecule has 0 saturated carbocycles. The Bertz CT molecular complexity index is 592. The van der Waals surface area contributed by atoms with Crippen LogP contribution in [0.5, 0.6) is 0 Å². The van der Waals surface area contributed by atoms with Crippen molar-refractivity contribution in [2.75, 3.05) is 24.5 Å². The Kier molecular flexibility index (Phi) is 4.39. The molecule has 126 valence electrons. The molecule has 0 aliphatic carbocycles. The van der Waals surface area contributed by atoms with Gasteiger partial charge in [-0.05, 0) is 20.3 Å². The number of ether oxygens (including phenoxy) is 1. The first-order chi connectivity index (χ1) is 10.9. The minimum Gasteiger partial charge on any atom is -0.372 e. The number of nitrogens with zero attached hydrogens (tertiary/aromatic N) is 4. The number of piperidine rings is 1. The van der Waals surface area contributed by atoms with Crippen LogP contribution in [0.25, 0.3) is 0 Å². The lowest BCUT2D eigenvalue weighted by Crippen LogP contribution is -2.58. The van der Waals surface area contributed by atoms with Crippen molar-refractivity contribution in [3.05, 3.63) is 12.4 Å². The van der Waals surface area contributed by atoms with Gasteiger partial charge in [-0.3, -0.25) is 14.3 Å². The van der Waals surface area contributed by atoms with Gasteiger partial charge in [-0.1, -0.05) is 0 Å². The number of carbonyl (C=O) groups excluding carboxylic acids is 2. The van der Waals surface area contributed by atoms with Gasteiger partial charge < -0.3 is 14.5 Å². The van der Waals surface area contributed by atoms with Crippen LogP contribution in [0.1, 0.15) is 26.7 Å². The predicted molar refractivity (Wildman–Crippen MR) is 84.9 cm³/mol. The summed E-state index contributed by atoms with van der Waals surface area (Å²) < 4.78 is 7.36. The molecule has 1 aromatic rings. The first kappa shape index (κ1) is 16.0. The molecule has 0 radical (unpaired) electrons. The van der Waals surface area contributed by atoms with Crippen LogP contribution >= 0.6 is 0 Å². The highest BCUT2D eigenvalue weighted by molar-refractivity contribution is 5.96. The van der Waals surface area contributed by atoms with Crippen molar-refractivity contribution >= 4 is 17.5 Å². The van der Waals surface area contributed by atoms with Crippen LogP contribution in [0.15, 0.2) is 12.4 Å². The molecule has 1 aromatic heterocycles. The molecule has 7 heteroatoms. The van der Waals surface area contributed by atoms with Gasteiger partial charge in [0.1, 0.15) is 0 Å². The molecule has 3 heterocycles. The molecule has 1 atom stereocenters. The average molecular weight is 320 g/mol. The van der Waals surface area contributed by atoms with Crippen molar-refractivity contribution < 1.29 is 14.3 Å². The molecular weight excluding hydrogens is 296 g/mol. The number of carbonyl (C=O) groups is 2. The van der Waals surface area contributed by atoms with Crippen molar-refractivity contribution in [2.45, 2.75) is 38.9 Å². The van der Waals surface area contributed by atoms with Gasteiger partial charge in [0.2, 0.25) is 11.8 Å². The predicted octanol–water partition coefficient (Wildman–Crippen LogP) is 0.799. The Hall–Kier alpha value is -1.89. The van der Waals surface area contributed by atoms with Gasteiger partial charge in [-0.2, -0.15) is 5.10 Å². The van der Waals surface area contributed by atoms with E-state index in [4.69, 9.17) is 4.74 Å². The van der Waals surface area contributed by atoms with Crippen molar-refractivity contribution in [1.82, 2.24) is 14.7 Å². The van der Waals surface area contributed by atoms with Crippen LogP contribution in [0.3, 0.4) is 0 Å². The van der Waals surface area contributed by atoms with Gasteiger partial charge in [0.25, 0.3) is 0 Å².